The number of aliphatic hydroxyl groups excluding tert-OH is 1. The van der Waals surface area contributed by atoms with E-state index in [1.165, 1.54) is 13.3 Å². The van der Waals surface area contributed by atoms with Gasteiger partial charge in [-0.3, -0.25) is 19.2 Å². The second-order valence-electron chi connectivity index (χ2n) is 9.53. The molecule has 11 heteroatoms. The first-order valence-corrected chi connectivity index (χ1v) is 13.1. The number of nitrogens with one attached hydrogen (secondary N) is 4. The lowest BCUT2D eigenvalue weighted by molar-refractivity contribution is -0.132. The molecule has 1 aromatic carbocycles. The van der Waals surface area contributed by atoms with E-state index in [0.717, 1.165) is 32.5 Å². The molecule has 11 nitrogen and oxygen atoms in total. The molecule has 5 N–H and O–H groups in total. The standard InChI is InChI=1S/C26H39N5O6/c1-18(32)23-26(36)27-12-7-17-37-21-9-4-3-8-19(21)24(34)29-20(10-11-22(33)30-23)25(35)28-13-16-31-14-5-2-6-15-31/h3-4,8-9,18,20,23,32H,2,5-7,10-17H2,1H3,(H,27,36)(H,28,35)(H,29,34)(H,30,33)/t18-,20+,23?/m1/s1. The summed E-state index contributed by atoms with van der Waals surface area (Å²) in [7, 11) is 0. The van der Waals surface area contributed by atoms with Crippen LogP contribution in [0.1, 0.15) is 55.8 Å². The summed E-state index contributed by atoms with van der Waals surface area (Å²) in [6.45, 7) is 5.08. The summed E-state index contributed by atoms with van der Waals surface area (Å²) >= 11 is 0. The van der Waals surface area contributed by atoms with E-state index in [9.17, 15) is 24.3 Å². The highest BCUT2D eigenvalue weighted by atomic mass is 16.5. The van der Waals surface area contributed by atoms with Crippen molar-refractivity contribution in [3.05, 3.63) is 29.8 Å². The van der Waals surface area contributed by atoms with Gasteiger partial charge in [0.1, 0.15) is 17.8 Å². The molecular formula is C26H39N5O6. The molecule has 0 bridgehead atoms. The predicted molar refractivity (Wildman–Crippen MR) is 137 cm³/mol. The summed E-state index contributed by atoms with van der Waals surface area (Å²) < 4.78 is 5.78. The van der Waals surface area contributed by atoms with Gasteiger partial charge in [-0.2, -0.15) is 0 Å². The Hall–Kier alpha value is -3.18. The third-order valence-corrected chi connectivity index (χ3v) is 6.55. The van der Waals surface area contributed by atoms with Gasteiger partial charge < -0.3 is 36.0 Å². The number of benzene rings is 1. The van der Waals surface area contributed by atoms with E-state index in [1.807, 2.05) is 0 Å². The Labute approximate surface area is 217 Å². The van der Waals surface area contributed by atoms with Gasteiger partial charge in [-0.25, -0.2) is 0 Å². The van der Waals surface area contributed by atoms with Gasteiger partial charge in [0.2, 0.25) is 17.7 Å². The first kappa shape index (κ1) is 28.4. The molecule has 0 aromatic heterocycles. The molecule has 4 amide bonds. The first-order valence-electron chi connectivity index (χ1n) is 13.1. The van der Waals surface area contributed by atoms with Crippen LogP contribution >= 0.6 is 0 Å². The maximum absolute atomic E-state index is 13.1. The lowest BCUT2D eigenvalue weighted by atomic mass is 10.1. The molecule has 1 unspecified atom stereocenters. The molecule has 204 valence electrons. The van der Waals surface area contributed by atoms with Gasteiger partial charge in [0, 0.05) is 26.1 Å². The van der Waals surface area contributed by atoms with Crippen LogP contribution in [0, 0.1) is 0 Å². The molecule has 1 aromatic rings. The second kappa shape index (κ2) is 14.5. The number of piperidine rings is 1. The summed E-state index contributed by atoms with van der Waals surface area (Å²) in [6.07, 6.45) is 2.75. The van der Waals surface area contributed by atoms with Gasteiger partial charge in [0.05, 0.1) is 18.3 Å². The fraction of sp³-hybridized carbons (Fsp3) is 0.615. The first-order chi connectivity index (χ1) is 17.8. The minimum absolute atomic E-state index is 0.0181. The average molecular weight is 518 g/mol. The number of ether oxygens (including phenoxy) is 1. The summed E-state index contributed by atoms with van der Waals surface area (Å²) in [4.78, 5) is 53.6. The number of rotatable bonds is 5. The van der Waals surface area contributed by atoms with Crippen LogP contribution in [-0.4, -0.2) is 91.2 Å². The van der Waals surface area contributed by atoms with Crippen molar-refractivity contribution in [2.75, 3.05) is 39.3 Å². The zero-order valence-electron chi connectivity index (χ0n) is 21.5. The molecule has 1 fully saturated rings. The fourth-order valence-electron chi connectivity index (χ4n) is 4.43. The lowest BCUT2D eigenvalue weighted by Gasteiger charge is -2.27. The SMILES string of the molecule is C[C@@H](O)C1NC(=O)CC[C@@H](C(=O)NCCN2CCCCC2)NC(=O)c2ccccc2OCCCNC1=O. The quantitative estimate of drug-likeness (QED) is 0.367. The molecular weight excluding hydrogens is 478 g/mol. The van der Waals surface area contributed by atoms with E-state index >= 15 is 0 Å². The van der Waals surface area contributed by atoms with E-state index in [1.54, 1.807) is 24.3 Å². The molecule has 2 aliphatic rings. The minimum Gasteiger partial charge on any atom is -0.493 e. The molecule has 0 aliphatic carbocycles. The van der Waals surface area contributed by atoms with E-state index in [2.05, 4.69) is 26.2 Å². The molecule has 2 heterocycles. The highest BCUT2D eigenvalue weighted by Crippen LogP contribution is 2.19. The van der Waals surface area contributed by atoms with Crippen molar-refractivity contribution < 1.29 is 29.0 Å². The van der Waals surface area contributed by atoms with E-state index in [0.29, 0.717) is 18.7 Å². The zero-order chi connectivity index (χ0) is 26.6. The van der Waals surface area contributed by atoms with E-state index < -0.39 is 35.9 Å². The van der Waals surface area contributed by atoms with Gasteiger partial charge in [-0.1, -0.05) is 18.6 Å². The largest absolute Gasteiger partial charge is 0.493 e. The highest BCUT2D eigenvalue weighted by molar-refractivity contribution is 5.99. The Bertz CT molecular complexity index is 934. The smallest absolute Gasteiger partial charge is 0.255 e. The van der Waals surface area contributed by atoms with Crippen molar-refractivity contribution in [3.63, 3.8) is 0 Å². The lowest BCUT2D eigenvalue weighted by Crippen LogP contribution is -2.53. The summed E-state index contributed by atoms with van der Waals surface area (Å²) in [5.74, 6) is -1.51. The van der Waals surface area contributed by atoms with Crippen molar-refractivity contribution in [2.24, 2.45) is 0 Å². The van der Waals surface area contributed by atoms with Crippen LogP contribution in [0.3, 0.4) is 0 Å². The van der Waals surface area contributed by atoms with Gasteiger partial charge >= 0.3 is 0 Å². The molecule has 3 rings (SSSR count). The number of likely N-dealkylation sites (tertiary alicyclic amines) is 1. The maximum atomic E-state index is 13.1. The van der Waals surface area contributed by atoms with Crippen LogP contribution in [0.15, 0.2) is 24.3 Å². The summed E-state index contributed by atoms with van der Waals surface area (Å²) in [5, 5.41) is 20.9. The summed E-state index contributed by atoms with van der Waals surface area (Å²) in [6, 6.07) is 4.63. The van der Waals surface area contributed by atoms with Crippen LogP contribution in [0.2, 0.25) is 0 Å². The highest BCUT2D eigenvalue weighted by Gasteiger charge is 2.28. The number of para-hydroxylation sites is 1. The van der Waals surface area contributed by atoms with Gasteiger partial charge in [-0.05, 0) is 57.8 Å². The van der Waals surface area contributed by atoms with Crippen molar-refractivity contribution >= 4 is 23.6 Å². The summed E-state index contributed by atoms with van der Waals surface area (Å²) in [5.41, 5.74) is 0.281. The Morgan fingerprint density at radius 1 is 1.14 bits per heavy atom. The van der Waals surface area contributed by atoms with Crippen molar-refractivity contribution in [2.45, 2.75) is 63.6 Å². The number of hydrogen-bond acceptors (Lipinski definition) is 7. The second-order valence-corrected chi connectivity index (χ2v) is 9.53. The zero-order valence-corrected chi connectivity index (χ0v) is 21.5. The number of hydrogen-bond donors (Lipinski definition) is 5. The van der Waals surface area contributed by atoms with E-state index in [-0.39, 0.29) is 37.5 Å². The van der Waals surface area contributed by atoms with Gasteiger partial charge in [-0.15, -0.1) is 0 Å². The molecule has 3 atom stereocenters. The van der Waals surface area contributed by atoms with Gasteiger partial charge in [0.15, 0.2) is 0 Å². The topological polar surface area (TPSA) is 149 Å². The van der Waals surface area contributed by atoms with Crippen LogP contribution < -0.4 is 26.0 Å². The van der Waals surface area contributed by atoms with Crippen LogP contribution in [0.5, 0.6) is 5.75 Å². The third-order valence-electron chi connectivity index (χ3n) is 6.55. The van der Waals surface area contributed by atoms with Crippen molar-refractivity contribution in [3.8, 4) is 5.75 Å². The van der Waals surface area contributed by atoms with E-state index in [4.69, 9.17) is 4.74 Å². The Balaban J connectivity index is 1.73. The Morgan fingerprint density at radius 2 is 1.89 bits per heavy atom. The van der Waals surface area contributed by atoms with Gasteiger partial charge in [0.25, 0.3) is 5.91 Å². The number of carbonyl (C=O) groups is 4. The molecule has 2 aliphatic heterocycles. The third kappa shape index (κ3) is 9.01. The van der Waals surface area contributed by atoms with Crippen LogP contribution in [-0.2, 0) is 14.4 Å². The Morgan fingerprint density at radius 3 is 2.65 bits per heavy atom. The molecule has 1 saturated heterocycles. The predicted octanol–water partition coefficient (Wildman–Crippen LogP) is -0.0684. The molecule has 0 radical (unpaired) electrons. The van der Waals surface area contributed by atoms with Crippen LogP contribution in [0.4, 0.5) is 0 Å². The Kier molecular flexibility index (Phi) is 11.2. The minimum atomic E-state index is -1.13. The normalized spacial score (nSPS) is 23.5. The average Bonchev–Trinajstić information content (AvgIpc) is 2.89. The number of aliphatic hydroxyl groups is 1. The fourth-order valence-corrected chi connectivity index (χ4v) is 4.43. The van der Waals surface area contributed by atoms with Crippen molar-refractivity contribution in [1.82, 2.24) is 26.2 Å². The van der Waals surface area contributed by atoms with Crippen molar-refractivity contribution in [1.29, 1.82) is 0 Å². The number of carbonyl (C=O) groups excluding carboxylic acids is 4. The molecule has 0 saturated carbocycles. The maximum Gasteiger partial charge on any atom is 0.255 e. The monoisotopic (exact) mass is 517 g/mol. The molecule has 37 heavy (non-hydrogen) atoms. The number of nitrogens with zero attached hydrogens (tertiary/aromatic N) is 1. The molecule has 0 spiro atoms. The number of fused-ring (bicyclic) bond motifs is 1. The number of amides is 4. The van der Waals surface area contributed by atoms with Crippen LogP contribution in [0.25, 0.3) is 0 Å².